The highest BCUT2D eigenvalue weighted by Gasteiger charge is 2.30. The zero-order valence-electron chi connectivity index (χ0n) is 11.9. The summed E-state index contributed by atoms with van der Waals surface area (Å²) in [7, 11) is 0. The van der Waals surface area contributed by atoms with E-state index in [1.807, 2.05) is 6.08 Å². The molecular weight excluding hydrogens is 237 g/mol. The smallest absolute Gasteiger partial charge is 0.0928 e. The summed E-state index contributed by atoms with van der Waals surface area (Å²) >= 11 is 0. The molecule has 0 radical (unpaired) electrons. The first-order chi connectivity index (χ1) is 9.33. The molecule has 0 amide bonds. The zero-order chi connectivity index (χ0) is 13.5. The standard InChI is InChI=1S/C17H26FN/c18-12-2-1-3-14-4-8-16(9-5-14)17-10-6-15(13-19)7-11-17/h1,3,14-17H,2,4-12H2. The highest BCUT2D eigenvalue weighted by Crippen LogP contribution is 2.41. The Kier molecular flexibility index (Phi) is 5.89. The van der Waals surface area contributed by atoms with Gasteiger partial charge < -0.3 is 0 Å². The van der Waals surface area contributed by atoms with Crippen molar-refractivity contribution in [1.82, 2.24) is 0 Å². The van der Waals surface area contributed by atoms with E-state index in [-0.39, 0.29) is 6.67 Å². The molecule has 0 N–H and O–H groups in total. The van der Waals surface area contributed by atoms with E-state index in [0.717, 1.165) is 24.7 Å². The van der Waals surface area contributed by atoms with E-state index in [1.54, 1.807) is 0 Å². The molecule has 0 unspecified atom stereocenters. The highest BCUT2D eigenvalue weighted by atomic mass is 19.1. The summed E-state index contributed by atoms with van der Waals surface area (Å²) in [6.07, 6.45) is 14.9. The minimum absolute atomic E-state index is 0.228. The molecule has 0 bridgehead atoms. The van der Waals surface area contributed by atoms with Gasteiger partial charge in [-0.05, 0) is 75.5 Å². The Labute approximate surface area is 116 Å². The Hall–Kier alpha value is -0.840. The molecule has 2 aliphatic rings. The van der Waals surface area contributed by atoms with Crippen LogP contribution in [0.1, 0.15) is 57.8 Å². The molecule has 2 aliphatic carbocycles. The number of rotatable bonds is 4. The van der Waals surface area contributed by atoms with Gasteiger partial charge >= 0.3 is 0 Å². The van der Waals surface area contributed by atoms with Crippen molar-refractivity contribution < 1.29 is 4.39 Å². The second kappa shape index (κ2) is 7.68. The second-order valence-corrected chi connectivity index (χ2v) is 6.32. The Bertz CT molecular complexity index is 315. The van der Waals surface area contributed by atoms with E-state index in [9.17, 15) is 4.39 Å². The third-order valence-corrected chi connectivity index (χ3v) is 5.12. The minimum Gasteiger partial charge on any atom is -0.251 e. The minimum atomic E-state index is -0.228. The fourth-order valence-corrected chi connectivity index (χ4v) is 3.88. The fraction of sp³-hybridized carbons (Fsp3) is 0.824. The molecule has 0 aromatic rings. The summed E-state index contributed by atoms with van der Waals surface area (Å²) in [5, 5.41) is 8.94. The van der Waals surface area contributed by atoms with Gasteiger partial charge in [-0.15, -0.1) is 0 Å². The summed E-state index contributed by atoms with van der Waals surface area (Å²) < 4.78 is 12.0. The predicted molar refractivity (Wildman–Crippen MR) is 76.2 cm³/mol. The number of nitrogens with zero attached hydrogens (tertiary/aromatic N) is 1. The lowest BCUT2D eigenvalue weighted by Crippen LogP contribution is -2.25. The maximum absolute atomic E-state index is 12.0. The Morgan fingerprint density at radius 1 is 0.947 bits per heavy atom. The van der Waals surface area contributed by atoms with Crippen LogP contribution in [0.3, 0.4) is 0 Å². The van der Waals surface area contributed by atoms with Crippen LogP contribution >= 0.6 is 0 Å². The third-order valence-electron chi connectivity index (χ3n) is 5.12. The van der Waals surface area contributed by atoms with Crippen LogP contribution in [0.5, 0.6) is 0 Å². The second-order valence-electron chi connectivity index (χ2n) is 6.32. The number of halogens is 1. The van der Waals surface area contributed by atoms with E-state index >= 15 is 0 Å². The first-order valence-electron chi connectivity index (χ1n) is 7.95. The summed E-state index contributed by atoms with van der Waals surface area (Å²) in [5.74, 6) is 2.79. The Morgan fingerprint density at radius 3 is 2.05 bits per heavy atom. The van der Waals surface area contributed by atoms with Crippen molar-refractivity contribution in [2.75, 3.05) is 6.67 Å². The molecule has 0 heterocycles. The van der Waals surface area contributed by atoms with Crippen LogP contribution in [0.2, 0.25) is 0 Å². The molecule has 0 aromatic carbocycles. The average Bonchev–Trinajstić information content (AvgIpc) is 2.48. The predicted octanol–water partition coefficient (Wildman–Crippen LogP) is 5.04. The molecule has 2 rings (SSSR count). The molecule has 2 fully saturated rings. The van der Waals surface area contributed by atoms with Gasteiger partial charge in [-0.2, -0.15) is 5.26 Å². The molecular formula is C17H26FN. The lowest BCUT2D eigenvalue weighted by atomic mass is 9.69. The van der Waals surface area contributed by atoms with E-state index in [4.69, 9.17) is 5.26 Å². The van der Waals surface area contributed by atoms with Gasteiger partial charge in [-0.1, -0.05) is 12.2 Å². The summed E-state index contributed by atoms with van der Waals surface area (Å²) in [6, 6.07) is 2.42. The number of alkyl halides is 1. The van der Waals surface area contributed by atoms with Crippen LogP contribution in [0, 0.1) is 35.0 Å². The largest absolute Gasteiger partial charge is 0.251 e. The van der Waals surface area contributed by atoms with E-state index < -0.39 is 0 Å². The van der Waals surface area contributed by atoms with Crippen molar-refractivity contribution in [1.29, 1.82) is 5.26 Å². The molecule has 0 saturated heterocycles. The van der Waals surface area contributed by atoms with Crippen molar-refractivity contribution in [3.63, 3.8) is 0 Å². The fourth-order valence-electron chi connectivity index (χ4n) is 3.88. The molecule has 19 heavy (non-hydrogen) atoms. The molecule has 2 saturated carbocycles. The van der Waals surface area contributed by atoms with Crippen LogP contribution in [-0.4, -0.2) is 6.67 Å². The highest BCUT2D eigenvalue weighted by molar-refractivity contribution is 4.93. The van der Waals surface area contributed by atoms with Crippen molar-refractivity contribution in [2.24, 2.45) is 23.7 Å². The molecule has 0 aromatic heterocycles. The monoisotopic (exact) mass is 263 g/mol. The average molecular weight is 263 g/mol. The van der Waals surface area contributed by atoms with Crippen LogP contribution in [0.25, 0.3) is 0 Å². The number of allylic oxidation sites excluding steroid dienone is 2. The van der Waals surface area contributed by atoms with Crippen LogP contribution < -0.4 is 0 Å². The van der Waals surface area contributed by atoms with Gasteiger partial charge in [0.05, 0.1) is 12.7 Å². The van der Waals surface area contributed by atoms with Gasteiger partial charge in [0.2, 0.25) is 0 Å². The van der Waals surface area contributed by atoms with Crippen molar-refractivity contribution in [3.8, 4) is 6.07 Å². The summed E-state index contributed by atoms with van der Waals surface area (Å²) in [5.41, 5.74) is 0. The molecule has 0 spiro atoms. The van der Waals surface area contributed by atoms with Gasteiger partial charge in [0.25, 0.3) is 0 Å². The number of hydrogen-bond donors (Lipinski definition) is 0. The number of nitriles is 1. The SMILES string of the molecule is N#CC1CCC(C2CCC(C=CCCF)CC2)CC1. The van der Waals surface area contributed by atoms with Crippen LogP contribution in [0.15, 0.2) is 12.2 Å². The lowest BCUT2D eigenvalue weighted by Gasteiger charge is -2.36. The third kappa shape index (κ3) is 4.34. The Morgan fingerprint density at radius 2 is 1.53 bits per heavy atom. The van der Waals surface area contributed by atoms with Gasteiger partial charge in [-0.3, -0.25) is 4.39 Å². The first kappa shape index (κ1) is 14.6. The van der Waals surface area contributed by atoms with Gasteiger partial charge in [-0.25, -0.2) is 0 Å². The van der Waals surface area contributed by atoms with Gasteiger partial charge in [0, 0.05) is 5.92 Å². The van der Waals surface area contributed by atoms with Gasteiger partial charge in [0.1, 0.15) is 0 Å². The molecule has 0 atom stereocenters. The van der Waals surface area contributed by atoms with Crippen molar-refractivity contribution in [3.05, 3.63) is 12.2 Å². The molecule has 2 heteroatoms. The zero-order valence-corrected chi connectivity index (χ0v) is 11.9. The molecule has 1 nitrogen and oxygen atoms in total. The lowest BCUT2D eigenvalue weighted by molar-refractivity contribution is 0.168. The number of hydrogen-bond acceptors (Lipinski definition) is 1. The quantitative estimate of drug-likeness (QED) is 0.652. The van der Waals surface area contributed by atoms with Crippen molar-refractivity contribution in [2.45, 2.75) is 57.8 Å². The Balaban J connectivity index is 1.70. The maximum Gasteiger partial charge on any atom is 0.0928 e. The van der Waals surface area contributed by atoms with E-state index in [0.29, 0.717) is 18.3 Å². The van der Waals surface area contributed by atoms with E-state index in [1.165, 1.54) is 38.5 Å². The maximum atomic E-state index is 12.0. The summed E-state index contributed by atoms with van der Waals surface area (Å²) in [6.45, 7) is -0.228. The topological polar surface area (TPSA) is 23.8 Å². The van der Waals surface area contributed by atoms with E-state index in [2.05, 4.69) is 12.1 Å². The normalized spacial score (nSPS) is 36.2. The van der Waals surface area contributed by atoms with Crippen LogP contribution in [0.4, 0.5) is 4.39 Å². The molecule has 106 valence electrons. The van der Waals surface area contributed by atoms with Crippen molar-refractivity contribution >= 4 is 0 Å². The van der Waals surface area contributed by atoms with Crippen LogP contribution in [-0.2, 0) is 0 Å². The molecule has 0 aliphatic heterocycles. The summed E-state index contributed by atoms with van der Waals surface area (Å²) in [4.78, 5) is 0. The van der Waals surface area contributed by atoms with Gasteiger partial charge in [0.15, 0.2) is 0 Å². The first-order valence-corrected chi connectivity index (χ1v) is 7.95.